The van der Waals surface area contributed by atoms with Crippen LogP contribution in [0.5, 0.6) is 0 Å². The average molecular weight is 436 g/mol. The Balaban J connectivity index is 1.52. The molecule has 0 bridgehead atoms. The molecule has 1 aliphatic heterocycles. The number of amides is 2. The van der Waals surface area contributed by atoms with Gasteiger partial charge in [-0.05, 0) is 48.8 Å². The lowest BCUT2D eigenvalue weighted by Crippen LogP contribution is -2.65. The van der Waals surface area contributed by atoms with Crippen molar-refractivity contribution in [3.8, 4) is 0 Å². The maximum absolute atomic E-state index is 13.7. The molecule has 1 aliphatic carbocycles. The van der Waals surface area contributed by atoms with Crippen LogP contribution in [-0.2, 0) is 11.3 Å². The number of hydrogen-bond donors (Lipinski definition) is 1. The van der Waals surface area contributed by atoms with E-state index in [9.17, 15) is 9.59 Å². The quantitative estimate of drug-likeness (QED) is 0.627. The molecule has 31 heavy (non-hydrogen) atoms. The molecule has 2 aliphatic rings. The molecule has 5 nitrogen and oxygen atoms in total. The highest BCUT2D eigenvalue weighted by atomic mass is 32.1. The minimum absolute atomic E-state index is 0.0317. The summed E-state index contributed by atoms with van der Waals surface area (Å²) in [5.41, 5.74) is 1.98. The van der Waals surface area contributed by atoms with Gasteiger partial charge in [0.15, 0.2) is 0 Å². The van der Waals surface area contributed by atoms with Gasteiger partial charge in [-0.2, -0.15) is 0 Å². The Labute approximate surface area is 187 Å². The Morgan fingerprint density at radius 2 is 1.97 bits per heavy atom. The smallest absolute Gasteiger partial charge is 0.271 e. The second-order valence-electron chi connectivity index (χ2n) is 9.24. The first kappa shape index (κ1) is 20.3. The molecule has 2 amide bonds. The van der Waals surface area contributed by atoms with E-state index in [4.69, 9.17) is 0 Å². The van der Waals surface area contributed by atoms with Crippen LogP contribution < -0.4 is 5.32 Å². The lowest BCUT2D eigenvalue weighted by molar-refractivity contribution is -0.133. The van der Waals surface area contributed by atoms with Gasteiger partial charge in [0.25, 0.3) is 5.91 Å². The van der Waals surface area contributed by atoms with E-state index in [0.717, 1.165) is 35.9 Å². The van der Waals surface area contributed by atoms with Crippen LogP contribution >= 0.6 is 11.3 Å². The largest absolute Gasteiger partial charge is 0.351 e. The summed E-state index contributed by atoms with van der Waals surface area (Å²) in [5, 5.41) is 5.32. The Kier molecular flexibility index (Phi) is 5.13. The first-order valence-corrected chi connectivity index (χ1v) is 12.1. The van der Waals surface area contributed by atoms with Gasteiger partial charge in [-0.3, -0.25) is 9.59 Å². The fraction of sp³-hybridized carbons (Fsp3) is 0.440. The molecule has 0 radical (unpaired) electrons. The zero-order chi connectivity index (χ0) is 21.6. The van der Waals surface area contributed by atoms with Gasteiger partial charge in [-0.15, -0.1) is 11.3 Å². The number of aromatic nitrogens is 1. The molecule has 6 heteroatoms. The predicted octanol–water partition coefficient (Wildman–Crippen LogP) is 4.78. The van der Waals surface area contributed by atoms with Crippen LogP contribution in [0.3, 0.4) is 0 Å². The fourth-order valence-electron chi connectivity index (χ4n) is 5.13. The number of nitrogens with one attached hydrogen (secondary N) is 1. The Hall–Kier alpha value is -2.60. The molecule has 0 saturated heterocycles. The predicted molar refractivity (Wildman–Crippen MR) is 125 cm³/mol. The van der Waals surface area contributed by atoms with Crippen molar-refractivity contribution in [2.45, 2.75) is 63.6 Å². The number of fused-ring (bicyclic) bond motifs is 3. The van der Waals surface area contributed by atoms with Crippen molar-refractivity contribution in [1.82, 2.24) is 14.8 Å². The standard InChI is InChI=1S/C25H29N3O2S/c1-17(18-8-4-3-5-9-18)15-28-23(29)21-14-22-20(12-13-31-22)27(21)16-25(28,2)24(30)26-19-10-6-7-11-19/h3-5,8-9,12-14,17,19H,6-7,10-11,15-16H2,1-2H3,(H,26,30)/t17-,25-/m0/s1. The molecule has 3 heterocycles. The highest BCUT2D eigenvalue weighted by Gasteiger charge is 2.48. The Morgan fingerprint density at radius 3 is 2.71 bits per heavy atom. The van der Waals surface area contributed by atoms with Gasteiger partial charge in [0, 0.05) is 12.6 Å². The number of nitrogens with zero attached hydrogens (tertiary/aromatic N) is 2. The number of thiophene rings is 1. The van der Waals surface area contributed by atoms with Crippen LogP contribution in [0.2, 0.25) is 0 Å². The molecule has 0 spiro atoms. The highest BCUT2D eigenvalue weighted by molar-refractivity contribution is 7.17. The molecule has 5 rings (SSSR count). The number of carbonyl (C=O) groups is 2. The zero-order valence-electron chi connectivity index (χ0n) is 18.1. The first-order chi connectivity index (χ1) is 15.0. The van der Waals surface area contributed by atoms with Crippen LogP contribution in [0.4, 0.5) is 0 Å². The molecular formula is C25H29N3O2S. The molecule has 2 aromatic heterocycles. The van der Waals surface area contributed by atoms with E-state index in [1.54, 1.807) is 11.3 Å². The monoisotopic (exact) mass is 435 g/mol. The molecule has 1 aromatic carbocycles. The van der Waals surface area contributed by atoms with Crippen molar-refractivity contribution >= 4 is 33.4 Å². The van der Waals surface area contributed by atoms with Crippen molar-refractivity contribution in [2.24, 2.45) is 0 Å². The minimum atomic E-state index is -0.927. The maximum atomic E-state index is 13.7. The summed E-state index contributed by atoms with van der Waals surface area (Å²) in [6.45, 7) is 5.06. The topological polar surface area (TPSA) is 54.3 Å². The molecule has 1 N–H and O–H groups in total. The summed E-state index contributed by atoms with van der Waals surface area (Å²) in [4.78, 5) is 29.2. The van der Waals surface area contributed by atoms with Crippen LogP contribution in [0.15, 0.2) is 47.8 Å². The normalized spacial score (nSPS) is 22.6. The SMILES string of the molecule is C[C@@H](CN1C(=O)c2cc3sccc3n2C[C@@]1(C)C(=O)NC1CCCC1)c1ccccc1. The molecule has 1 fully saturated rings. The van der Waals surface area contributed by atoms with E-state index in [2.05, 4.69) is 24.4 Å². The summed E-state index contributed by atoms with van der Waals surface area (Å²) in [6, 6.07) is 14.5. The highest BCUT2D eigenvalue weighted by Crippen LogP contribution is 2.36. The van der Waals surface area contributed by atoms with E-state index in [-0.39, 0.29) is 23.8 Å². The van der Waals surface area contributed by atoms with Gasteiger partial charge < -0.3 is 14.8 Å². The van der Waals surface area contributed by atoms with Crippen molar-refractivity contribution in [3.05, 3.63) is 59.1 Å². The second kappa shape index (κ2) is 7.83. The number of rotatable bonds is 5. The number of hydrogen-bond acceptors (Lipinski definition) is 3. The summed E-state index contributed by atoms with van der Waals surface area (Å²) in [5.74, 6) is 0.0450. The maximum Gasteiger partial charge on any atom is 0.271 e. The lowest BCUT2D eigenvalue weighted by atomic mass is 9.91. The third-order valence-electron chi connectivity index (χ3n) is 7.05. The second-order valence-corrected chi connectivity index (χ2v) is 10.2. The molecule has 0 unspecified atom stereocenters. The van der Waals surface area contributed by atoms with Crippen molar-refractivity contribution in [2.75, 3.05) is 6.54 Å². The van der Waals surface area contributed by atoms with E-state index in [0.29, 0.717) is 18.8 Å². The van der Waals surface area contributed by atoms with Crippen LogP contribution in [0.25, 0.3) is 10.2 Å². The third-order valence-corrected chi connectivity index (χ3v) is 7.91. The summed E-state index contributed by atoms with van der Waals surface area (Å²) < 4.78 is 3.14. The fourth-order valence-corrected chi connectivity index (χ4v) is 5.95. The average Bonchev–Trinajstić information content (AvgIpc) is 3.50. The van der Waals surface area contributed by atoms with Crippen molar-refractivity contribution in [1.29, 1.82) is 0 Å². The number of benzene rings is 1. The van der Waals surface area contributed by atoms with Gasteiger partial charge in [-0.1, -0.05) is 50.1 Å². The van der Waals surface area contributed by atoms with Crippen molar-refractivity contribution in [3.63, 3.8) is 0 Å². The number of carbonyl (C=O) groups excluding carboxylic acids is 2. The van der Waals surface area contributed by atoms with E-state index >= 15 is 0 Å². The zero-order valence-corrected chi connectivity index (χ0v) is 19.0. The van der Waals surface area contributed by atoms with Gasteiger partial charge in [0.1, 0.15) is 11.2 Å². The van der Waals surface area contributed by atoms with E-state index in [1.165, 1.54) is 5.56 Å². The Bertz CT molecular complexity index is 1110. The Morgan fingerprint density at radius 1 is 1.23 bits per heavy atom. The lowest BCUT2D eigenvalue weighted by Gasteiger charge is -2.45. The van der Waals surface area contributed by atoms with E-state index < -0.39 is 5.54 Å². The molecular weight excluding hydrogens is 406 g/mol. The molecule has 1 saturated carbocycles. The van der Waals surface area contributed by atoms with Crippen LogP contribution in [0.1, 0.15) is 61.5 Å². The van der Waals surface area contributed by atoms with Crippen LogP contribution in [0, 0.1) is 0 Å². The molecule has 2 atom stereocenters. The third kappa shape index (κ3) is 3.47. The molecule has 162 valence electrons. The van der Waals surface area contributed by atoms with Gasteiger partial charge >= 0.3 is 0 Å². The van der Waals surface area contributed by atoms with Crippen LogP contribution in [-0.4, -0.2) is 39.4 Å². The van der Waals surface area contributed by atoms with Gasteiger partial charge in [0.05, 0.1) is 16.8 Å². The van der Waals surface area contributed by atoms with E-state index in [1.807, 2.05) is 52.1 Å². The van der Waals surface area contributed by atoms with Gasteiger partial charge in [-0.25, -0.2) is 0 Å². The summed E-state index contributed by atoms with van der Waals surface area (Å²) >= 11 is 1.64. The summed E-state index contributed by atoms with van der Waals surface area (Å²) in [6.07, 6.45) is 4.37. The minimum Gasteiger partial charge on any atom is -0.351 e. The summed E-state index contributed by atoms with van der Waals surface area (Å²) in [7, 11) is 0. The van der Waals surface area contributed by atoms with Gasteiger partial charge in [0.2, 0.25) is 5.91 Å². The first-order valence-electron chi connectivity index (χ1n) is 11.2. The van der Waals surface area contributed by atoms with Crippen molar-refractivity contribution < 1.29 is 9.59 Å². The molecule has 3 aromatic rings.